The Morgan fingerprint density at radius 1 is 1.41 bits per heavy atom. The molecule has 0 spiro atoms. The zero-order valence-corrected chi connectivity index (χ0v) is 9.96. The average Bonchev–Trinajstić information content (AvgIpc) is 2.21. The smallest absolute Gasteiger partial charge is 0.351 e. The maximum Gasteiger partial charge on any atom is 0.351 e. The molecule has 1 aromatic carbocycles. The molecule has 0 unspecified atom stereocenters. The Bertz CT molecular complexity index is 685. The van der Waals surface area contributed by atoms with E-state index in [9.17, 15) is 14.7 Å². The van der Waals surface area contributed by atoms with Gasteiger partial charge in [0.2, 0.25) is 0 Å². The van der Waals surface area contributed by atoms with Crippen molar-refractivity contribution >= 4 is 28.4 Å². The monoisotopic (exact) mass is 252 g/mol. The van der Waals surface area contributed by atoms with Crippen LogP contribution in [0.2, 0.25) is 5.02 Å². The summed E-state index contributed by atoms with van der Waals surface area (Å²) in [6.07, 6.45) is 0. The Balaban J connectivity index is 2.97. The molecular formula is C12H9ClO4. The molecule has 0 saturated carbocycles. The van der Waals surface area contributed by atoms with Crippen LogP contribution in [-0.2, 0) is 0 Å². The minimum atomic E-state index is -0.843. The number of halogens is 1. The topological polar surface area (TPSA) is 67.5 Å². The number of Topliss-reactive ketones (excluding diaryl/α,β-unsaturated/α-hetero) is 1. The first kappa shape index (κ1) is 11.7. The summed E-state index contributed by atoms with van der Waals surface area (Å²) in [5, 5.41) is 10.6. The normalized spacial score (nSPS) is 10.8. The first-order chi connectivity index (χ1) is 7.91. The van der Waals surface area contributed by atoms with Crippen LogP contribution in [0.3, 0.4) is 0 Å². The van der Waals surface area contributed by atoms with E-state index < -0.39 is 11.4 Å². The molecule has 17 heavy (non-hydrogen) atoms. The summed E-state index contributed by atoms with van der Waals surface area (Å²) < 4.78 is 4.98. The molecule has 1 heterocycles. The first-order valence-corrected chi connectivity index (χ1v) is 5.26. The van der Waals surface area contributed by atoms with Crippen LogP contribution in [0, 0.1) is 6.92 Å². The number of aryl methyl sites for hydroxylation is 1. The molecule has 0 radical (unpaired) electrons. The van der Waals surface area contributed by atoms with Gasteiger partial charge in [0.1, 0.15) is 16.9 Å². The Labute approximate surface area is 101 Å². The molecule has 0 saturated heterocycles. The van der Waals surface area contributed by atoms with Gasteiger partial charge in [-0.15, -0.1) is 0 Å². The predicted molar refractivity (Wildman–Crippen MR) is 63.9 cm³/mol. The molecule has 0 aliphatic heterocycles. The fraction of sp³-hybridized carbons (Fsp3) is 0.167. The van der Waals surface area contributed by atoms with Gasteiger partial charge in [-0.2, -0.15) is 0 Å². The number of hydrogen-bond donors (Lipinski definition) is 1. The number of hydrogen-bond acceptors (Lipinski definition) is 4. The number of fused-ring (bicyclic) bond motifs is 1. The molecule has 88 valence electrons. The second kappa shape index (κ2) is 3.89. The van der Waals surface area contributed by atoms with E-state index in [-0.39, 0.29) is 22.3 Å². The number of carbonyl (C=O) groups excluding carboxylic acids is 1. The summed E-state index contributed by atoms with van der Waals surface area (Å²) in [7, 11) is 0. The van der Waals surface area contributed by atoms with Crippen molar-refractivity contribution in [2.45, 2.75) is 13.8 Å². The highest BCUT2D eigenvalue weighted by Crippen LogP contribution is 2.30. The molecule has 5 heteroatoms. The highest BCUT2D eigenvalue weighted by atomic mass is 35.5. The molecule has 4 nitrogen and oxygen atoms in total. The third-order valence-electron chi connectivity index (χ3n) is 2.51. The van der Waals surface area contributed by atoms with Crippen molar-refractivity contribution in [3.8, 4) is 5.75 Å². The fourth-order valence-electron chi connectivity index (χ4n) is 1.62. The van der Waals surface area contributed by atoms with Gasteiger partial charge in [0.05, 0.1) is 5.39 Å². The highest BCUT2D eigenvalue weighted by molar-refractivity contribution is 6.32. The molecule has 0 aliphatic rings. The standard InChI is InChI=1S/C12H9ClO4/c1-5-3-9-7(4-8(5)13)11(15)10(6(2)14)12(16)17-9/h3-4,15H,1-2H3. The van der Waals surface area contributed by atoms with Gasteiger partial charge in [-0.1, -0.05) is 11.6 Å². The SMILES string of the molecule is CC(=O)c1c(O)c2cc(Cl)c(C)cc2oc1=O. The van der Waals surface area contributed by atoms with E-state index in [0.29, 0.717) is 5.02 Å². The van der Waals surface area contributed by atoms with Gasteiger partial charge in [0, 0.05) is 5.02 Å². The highest BCUT2D eigenvalue weighted by Gasteiger charge is 2.18. The summed E-state index contributed by atoms with van der Waals surface area (Å²) in [5.74, 6) is -0.930. The molecule has 0 aliphatic carbocycles. The van der Waals surface area contributed by atoms with Crippen molar-refractivity contribution < 1.29 is 14.3 Å². The maximum atomic E-state index is 11.5. The van der Waals surface area contributed by atoms with Gasteiger partial charge < -0.3 is 9.52 Å². The predicted octanol–water partition coefficient (Wildman–Crippen LogP) is 2.66. The molecule has 2 rings (SSSR count). The molecule has 1 N–H and O–H groups in total. The second-order valence-electron chi connectivity index (χ2n) is 3.77. The molecule has 0 atom stereocenters. The Morgan fingerprint density at radius 3 is 2.65 bits per heavy atom. The molecule has 0 fully saturated rings. The van der Waals surface area contributed by atoms with E-state index in [2.05, 4.69) is 0 Å². The largest absolute Gasteiger partial charge is 0.506 e. The van der Waals surface area contributed by atoms with Gasteiger partial charge in [-0.3, -0.25) is 4.79 Å². The number of benzene rings is 1. The second-order valence-corrected chi connectivity index (χ2v) is 4.17. The Morgan fingerprint density at radius 2 is 2.06 bits per heavy atom. The summed E-state index contributed by atoms with van der Waals surface area (Å²) in [6, 6.07) is 3.01. The van der Waals surface area contributed by atoms with Crippen LogP contribution < -0.4 is 5.63 Å². The molecular weight excluding hydrogens is 244 g/mol. The minimum absolute atomic E-state index is 0.208. The molecule has 0 amide bonds. The van der Waals surface area contributed by atoms with Crippen molar-refractivity contribution in [3.63, 3.8) is 0 Å². The van der Waals surface area contributed by atoms with Crippen LogP contribution in [0.15, 0.2) is 21.3 Å². The lowest BCUT2D eigenvalue weighted by Gasteiger charge is -2.05. The van der Waals surface area contributed by atoms with E-state index >= 15 is 0 Å². The van der Waals surface area contributed by atoms with Gasteiger partial charge in [-0.05, 0) is 31.5 Å². The quantitative estimate of drug-likeness (QED) is 0.626. The van der Waals surface area contributed by atoms with Crippen molar-refractivity contribution in [1.29, 1.82) is 0 Å². The number of carbonyl (C=O) groups is 1. The average molecular weight is 253 g/mol. The number of ketones is 1. The summed E-state index contributed by atoms with van der Waals surface area (Å²) in [6.45, 7) is 2.94. The fourth-order valence-corrected chi connectivity index (χ4v) is 1.78. The van der Waals surface area contributed by atoms with Gasteiger partial charge in [-0.25, -0.2) is 4.79 Å². The zero-order chi connectivity index (χ0) is 12.7. The first-order valence-electron chi connectivity index (χ1n) is 4.88. The van der Waals surface area contributed by atoms with Crippen molar-refractivity contribution in [1.82, 2.24) is 0 Å². The summed E-state index contributed by atoms with van der Waals surface area (Å²) >= 11 is 5.92. The number of rotatable bonds is 1. The molecule has 2 aromatic rings. The van der Waals surface area contributed by atoms with Crippen molar-refractivity contribution in [2.75, 3.05) is 0 Å². The van der Waals surface area contributed by atoms with Crippen molar-refractivity contribution in [2.24, 2.45) is 0 Å². The van der Waals surface area contributed by atoms with Crippen LogP contribution in [0.5, 0.6) is 5.75 Å². The third kappa shape index (κ3) is 1.80. The third-order valence-corrected chi connectivity index (χ3v) is 2.92. The Hall–Kier alpha value is -1.81. The van der Waals surface area contributed by atoms with Gasteiger partial charge in [0.25, 0.3) is 0 Å². The van der Waals surface area contributed by atoms with Gasteiger partial charge in [0.15, 0.2) is 5.78 Å². The Kier molecular flexibility index (Phi) is 2.67. The summed E-state index contributed by atoms with van der Waals surface area (Å²) in [5.41, 5.74) is -0.265. The molecule has 0 bridgehead atoms. The zero-order valence-electron chi connectivity index (χ0n) is 9.20. The van der Waals surface area contributed by atoms with Crippen LogP contribution >= 0.6 is 11.6 Å². The van der Waals surface area contributed by atoms with E-state index in [4.69, 9.17) is 16.0 Å². The minimum Gasteiger partial charge on any atom is -0.506 e. The van der Waals surface area contributed by atoms with Crippen LogP contribution in [0.4, 0.5) is 0 Å². The lowest BCUT2D eigenvalue weighted by atomic mass is 10.1. The van der Waals surface area contributed by atoms with E-state index in [1.165, 1.54) is 13.0 Å². The lowest BCUT2D eigenvalue weighted by molar-refractivity contribution is 0.101. The maximum absolute atomic E-state index is 11.5. The van der Waals surface area contributed by atoms with Crippen LogP contribution in [-0.4, -0.2) is 10.9 Å². The van der Waals surface area contributed by atoms with Crippen LogP contribution in [0.1, 0.15) is 22.8 Å². The van der Waals surface area contributed by atoms with E-state index in [1.54, 1.807) is 13.0 Å². The molecule has 1 aromatic heterocycles. The lowest BCUT2D eigenvalue weighted by Crippen LogP contribution is -2.11. The van der Waals surface area contributed by atoms with Crippen molar-refractivity contribution in [3.05, 3.63) is 38.7 Å². The summed E-state index contributed by atoms with van der Waals surface area (Å²) in [4.78, 5) is 22.7. The van der Waals surface area contributed by atoms with Crippen LogP contribution in [0.25, 0.3) is 11.0 Å². The van der Waals surface area contributed by atoms with Gasteiger partial charge >= 0.3 is 5.63 Å². The number of aromatic hydroxyl groups is 1. The van der Waals surface area contributed by atoms with E-state index in [0.717, 1.165) is 5.56 Å². The van der Waals surface area contributed by atoms with E-state index in [1.807, 2.05) is 0 Å².